The first-order chi connectivity index (χ1) is 9.64. The van der Waals surface area contributed by atoms with E-state index < -0.39 is 10.0 Å². The molecule has 3 N–H and O–H groups in total. The molecule has 1 aromatic rings. The fraction of sp³-hybridized carbons (Fsp3) is 0.571. The summed E-state index contributed by atoms with van der Waals surface area (Å²) in [4.78, 5) is 0.0791. The summed E-state index contributed by atoms with van der Waals surface area (Å²) in [5, 5.41) is 0. The van der Waals surface area contributed by atoms with Crippen LogP contribution in [0.1, 0.15) is 33.1 Å². The number of nitrogen functional groups attached to an aromatic ring is 1. The summed E-state index contributed by atoms with van der Waals surface area (Å²) in [6, 6.07) is 2.95. The molecule has 1 unspecified atom stereocenters. The van der Waals surface area contributed by atoms with E-state index >= 15 is 0 Å². The summed E-state index contributed by atoms with van der Waals surface area (Å²) in [6.45, 7) is 4.30. The second-order valence-electron chi connectivity index (χ2n) is 6.25. The van der Waals surface area contributed by atoms with Crippen molar-refractivity contribution in [2.24, 2.45) is 5.41 Å². The van der Waals surface area contributed by atoms with Crippen molar-refractivity contribution < 1.29 is 13.2 Å². The minimum atomic E-state index is -3.65. The summed E-state index contributed by atoms with van der Waals surface area (Å²) in [5.41, 5.74) is 6.34. The number of methoxy groups -OCH3 is 1. The van der Waals surface area contributed by atoms with Gasteiger partial charge in [0, 0.05) is 16.2 Å². The van der Waals surface area contributed by atoms with Crippen LogP contribution in [0, 0.1) is 5.41 Å². The molecule has 0 aromatic heterocycles. The van der Waals surface area contributed by atoms with E-state index in [1.807, 2.05) is 0 Å². The standard InChI is InChI=1S/C14H21BrN2O3S/c1-14(2)5-4-9(8-14)17-21(18,19)13-7-11(16)10(15)6-12(13)20-3/h6-7,9,17H,4-5,8,16H2,1-3H3. The van der Waals surface area contributed by atoms with E-state index in [2.05, 4.69) is 34.5 Å². The molecule has 0 aliphatic heterocycles. The van der Waals surface area contributed by atoms with Gasteiger partial charge in [0.05, 0.1) is 7.11 Å². The molecule has 0 radical (unpaired) electrons. The lowest BCUT2D eigenvalue weighted by Gasteiger charge is -2.19. The van der Waals surface area contributed by atoms with E-state index in [0.29, 0.717) is 10.2 Å². The Labute approximate surface area is 134 Å². The summed E-state index contributed by atoms with van der Waals surface area (Å²) in [7, 11) is -2.21. The van der Waals surface area contributed by atoms with E-state index in [9.17, 15) is 8.42 Å². The second-order valence-corrected chi connectivity index (χ2v) is 8.79. The summed E-state index contributed by atoms with van der Waals surface area (Å²) in [6.07, 6.45) is 2.70. The van der Waals surface area contributed by atoms with Crippen LogP contribution in [0.15, 0.2) is 21.5 Å². The van der Waals surface area contributed by atoms with Crippen LogP contribution in [0.2, 0.25) is 0 Å². The van der Waals surface area contributed by atoms with Gasteiger partial charge in [-0.05, 0) is 52.7 Å². The molecule has 118 valence electrons. The summed E-state index contributed by atoms with van der Waals surface area (Å²) in [5.74, 6) is 0.279. The number of sulfonamides is 1. The van der Waals surface area contributed by atoms with E-state index in [4.69, 9.17) is 10.5 Å². The number of hydrogen-bond donors (Lipinski definition) is 2. The molecule has 1 aliphatic carbocycles. The minimum Gasteiger partial charge on any atom is -0.495 e. The largest absolute Gasteiger partial charge is 0.495 e. The van der Waals surface area contributed by atoms with Gasteiger partial charge in [-0.3, -0.25) is 0 Å². The molecule has 0 heterocycles. The van der Waals surface area contributed by atoms with Crippen molar-refractivity contribution in [3.05, 3.63) is 16.6 Å². The third-order valence-corrected chi connectivity index (χ3v) is 6.09. The highest BCUT2D eigenvalue weighted by Crippen LogP contribution is 2.38. The van der Waals surface area contributed by atoms with Gasteiger partial charge in [0.25, 0.3) is 0 Å². The number of ether oxygens (including phenoxy) is 1. The molecular formula is C14H21BrN2O3S. The molecule has 1 saturated carbocycles. The van der Waals surface area contributed by atoms with E-state index in [0.717, 1.165) is 19.3 Å². The van der Waals surface area contributed by atoms with Crippen molar-refractivity contribution in [1.82, 2.24) is 4.72 Å². The predicted octanol–water partition coefficient (Wildman–Crippen LogP) is 2.90. The zero-order chi connectivity index (χ0) is 15.8. The lowest BCUT2D eigenvalue weighted by Crippen LogP contribution is -2.33. The van der Waals surface area contributed by atoms with Crippen molar-refractivity contribution in [2.75, 3.05) is 12.8 Å². The molecule has 0 bridgehead atoms. The fourth-order valence-corrected chi connectivity index (χ4v) is 4.52. The Bertz CT molecular complexity index is 644. The molecule has 1 fully saturated rings. The quantitative estimate of drug-likeness (QED) is 0.791. The SMILES string of the molecule is COc1cc(Br)c(N)cc1S(=O)(=O)NC1CCC(C)(C)C1. The van der Waals surface area contributed by atoms with Gasteiger partial charge in [-0.15, -0.1) is 0 Å². The first kappa shape index (κ1) is 16.6. The lowest BCUT2D eigenvalue weighted by molar-refractivity contribution is 0.372. The summed E-state index contributed by atoms with van der Waals surface area (Å²) >= 11 is 3.27. The first-order valence-corrected chi connectivity index (χ1v) is 9.07. The molecule has 0 spiro atoms. The predicted molar refractivity (Wildman–Crippen MR) is 86.8 cm³/mol. The molecule has 5 nitrogen and oxygen atoms in total. The molecule has 1 aliphatic rings. The lowest BCUT2D eigenvalue weighted by atomic mass is 9.92. The second kappa shape index (κ2) is 5.78. The van der Waals surface area contributed by atoms with Crippen molar-refractivity contribution >= 4 is 31.6 Å². The normalized spacial score (nSPS) is 21.4. The molecule has 2 rings (SSSR count). The summed E-state index contributed by atoms with van der Waals surface area (Å²) < 4.78 is 33.7. The number of benzene rings is 1. The van der Waals surface area contributed by atoms with Crippen LogP contribution in [0.4, 0.5) is 5.69 Å². The smallest absolute Gasteiger partial charge is 0.244 e. The zero-order valence-electron chi connectivity index (χ0n) is 12.4. The molecule has 7 heteroatoms. The highest BCUT2D eigenvalue weighted by Gasteiger charge is 2.34. The monoisotopic (exact) mass is 376 g/mol. The number of anilines is 1. The van der Waals surface area contributed by atoms with Gasteiger partial charge in [-0.1, -0.05) is 13.8 Å². The highest BCUT2D eigenvalue weighted by molar-refractivity contribution is 9.10. The van der Waals surface area contributed by atoms with Crippen LogP contribution in [-0.2, 0) is 10.0 Å². The zero-order valence-corrected chi connectivity index (χ0v) is 14.8. The van der Waals surface area contributed by atoms with Gasteiger partial charge in [0.1, 0.15) is 10.6 Å². The fourth-order valence-electron chi connectivity index (χ4n) is 2.74. The average molecular weight is 377 g/mol. The Morgan fingerprint density at radius 2 is 2.10 bits per heavy atom. The molecular weight excluding hydrogens is 356 g/mol. The number of nitrogens with one attached hydrogen (secondary N) is 1. The maximum Gasteiger partial charge on any atom is 0.244 e. The van der Waals surface area contributed by atoms with Crippen LogP contribution in [0.25, 0.3) is 0 Å². The van der Waals surface area contributed by atoms with Gasteiger partial charge in [-0.25, -0.2) is 13.1 Å². The highest BCUT2D eigenvalue weighted by atomic mass is 79.9. The molecule has 0 amide bonds. The van der Waals surface area contributed by atoms with E-state index in [-0.39, 0.29) is 22.1 Å². The minimum absolute atomic E-state index is 0.0421. The Morgan fingerprint density at radius 1 is 1.43 bits per heavy atom. The van der Waals surface area contributed by atoms with Crippen molar-refractivity contribution in [2.45, 2.75) is 44.0 Å². The van der Waals surface area contributed by atoms with Gasteiger partial charge in [0.2, 0.25) is 10.0 Å². The maximum atomic E-state index is 12.6. The van der Waals surface area contributed by atoms with Crippen LogP contribution in [0.3, 0.4) is 0 Å². The Hall–Kier alpha value is -0.790. The van der Waals surface area contributed by atoms with E-state index in [1.54, 1.807) is 6.07 Å². The van der Waals surface area contributed by atoms with Crippen molar-refractivity contribution in [3.8, 4) is 5.75 Å². The van der Waals surface area contributed by atoms with Gasteiger partial charge in [0.15, 0.2) is 0 Å². The Balaban J connectivity index is 2.30. The third kappa shape index (κ3) is 3.70. The number of halogens is 1. The third-order valence-electron chi connectivity index (χ3n) is 3.86. The molecule has 1 atom stereocenters. The number of nitrogens with two attached hydrogens (primary N) is 1. The van der Waals surface area contributed by atoms with Crippen LogP contribution in [-0.4, -0.2) is 21.6 Å². The average Bonchev–Trinajstić information content (AvgIpc) is 2.70. The van der Waals surface area contributed by atoms with Crippen molar-refractivity contribution in [1.29, 1.82) is 0 Å². The van der Waals surface area contributed by atoms with Gasteiger partial charge < -0.3 is 10.5 Å². The maximum absolute atomic E-state index is 12.6. The van der Waals surface area contributed by atoms with E-state index in [1.165, 1.54) is 13.2 Å². The number of rotatable bonds is 4. The van der Waals surface area contributed by atoms with Gasteiger partial charge >= 0.3 is 0 Å². The van der Waals surface area contributed by atoms with Crippen molar-refractivity contribution in [3.63, 3.8) is 0 Å². The van der Waals surface area contributed by atoms with Gasteiger partial charge in [-0.2, -0.15) is 0 Å². The molecule has 1 aromatic carbocycles. The molecule has 21 heavy (non-hydrogen) atoms. The molecule has 0 saturated heterocycles. The first-order valence-electron chi connectivity index (χ1n) is 6.80. The van der Waals surface area contributed by atoms with Crippen LogP contribution in [0.5, 0.6) is 5.75 Å². The van der Waals surface area contributed by atoms with Crippen LogP contribution < -0.4 is 15.2 Å². The topological polar surface area (TPSA) is 81.4 Å². The Morgan fingerprint density at radius 3 is 2.62 bits per heavy atom. The van der Waals surface area contributed by atoms with Crippen LogP contribution >= 0.6 is 15.9 Å². The number of hydrogen-bond acceptors (Lipinski definition) is 4. The Kier molecular flexibility index (Phi) is 4.56.